The monoisotopic (exact) mass is 348 g/mol. The fraction of sp³-hybridized carbons (Fsp3) is 0.150. The highest BCUT2D eigenvalue weighted by Crippen LogP contribution is 2.28. The molecule has 2 N–H and O–H groups in total. The third-order valence-electron chi connectivity index (χ3n) is 4.02. The van der Waals surface area contributed by atoms with E-state index in [1.165, 1.54) is 0 Å². The molecule has 3 aromatic rings. The number of aromatic nitrogens is 2. The normalized spacial score (nSPS) is 11.5. The predicted molar refractivity (Wildman–Crippen MR) is 101 cm³/mol. The Morgan fingerprint density at radius 1 is 1.04 bits per heavy atom. The maximum absolute atomic E-state index is 12.5. The molecule has 1 aromatic carbocycles. The molecular weight excluding hydrogens is 328 g/mol. The molecule has 6 nitrogen and oxygen atoms in total. The number of nitrogens with zero attached hydrogens (tertiary/aromatic N) is 2. The van der Waals surface area contributed by atoms with Crippen LogP contribution in [0.3, 0.4) is 0 Å². The maximum atomic E-state index is 12.5. The number of methoxy groups -OCH3 is 1. The molecule has 0 saturated carbocycles. The van der Waals surface area contributed by atoms with Gasteiger partial charge >= 0.3 is 6.03 Å². The van der Waals surface area contributed by atoms with E-state index < -0.39 is 0 Å². The molecule has 0 aliphatic heterocycles. The van der Waals surface area contributed by atoms with Gasteiger partial charge < -0.3 is 15.4 Å². The Morgan fingerprint density at radius 3 is 2.54 bits per heavy atom. The summed E-state index contributed by atoms with van der Waals surface area (Å²) in [5.74, 6) is 0.637. The summed E-state index contributed by atoms with van der Waals surface area (Å²) >= 11 is 0. The Morgan fingerprint density at radius 2 is 1.77 bits per heavy atom. The van der Waals surface area contributed by atoms with E-state index in [0.717, 1.165) is 22.4 Å². The second kappa shape index (κ2) is 8.11. The van der Waals surface area contributed by atoms with Crippen LogP contribution < -0.4 is 15.4 Å². The van der Waals surface area contributed by atoms with Crippen molar-refractivity contribution in [1.82, 2.24) is 15.3 Å². The van der Waals surface area contributed by atoms with E-state index in [4.69, 9.17) is 4.74 Å². The van der Waals surface area contributed by atoms with Gasteiger partial charge in [0.1, 0.15) is 5.75 Å². The lowest BCUT2D eigenvalue weighted by molar-refractivity contribution is 0.249. The zero-order chi connectivity index (χ0) is 18.4. The molecule has 0 bridgehead atoms. The number of hydrogen-bond acceptors (Lipinski definition) is 4. The highest BCUT2D eigenvalue weighted by Gasteiger charge is 2.15. The van der Waals surface area contributed by atoms with E-state index in [9.17, 15) is 4.79 Å². The number of para-hydroxylation sites is 1. The molecule has 0 radical (unpaired) electrons. The average Bonchev–Trinajstić information content (AvgIpc) is 2.69. The van der Waals surface area contributed by atoms with Crippen molar-refractivity contribution < 1.29 is 9.53 Å². The van der Waals surface area contributed by atoms with E-state index >= 15 is 0 Å². The number of amides is 2. The highest BCUT2D eigenvalue weighted by atomic mass is 16.5. The summed E-state index contributed by atoms with van der Waals surface area (Å²) < 4.78 is 5.30. The standard InChI is InChI=1S/C20H20N4O2/c1-14(16-9-12-22-13-19(16)26-2)23-20(25)24-18-6-4-3-5-17(18)15-7-10-21-11-8-15/h3-14H,1-2H3,(H2,23,24,25). The van der Waals surface area contributed by atoms with Gasteiger partial charge in [-0.1, -0.05) is 18.2 Å². The van der Waals surface area contributed by atoms with E-state index in [1.807, 2.05) is 49.4 Å². The van der Waals surface area contributed by atoms with E-state index in [1.54, 1.807) is 31.9 Å². The average molecular weight is 348 g/mol. The molecule has 132 valence electrons. The lowest BCUT2D eigenvalue weighted by Crippen LogP contribution is -2.31. The molecule has 0 aliphatic rings. The number of carbonyl (C=O) groups excluding carboxylic acids is 1. The van der Waals surface area contributed by atoms with Crippen molar-refractivity contribution >= 4 is 11.7 Å². The van der Waals surface area contributed by atoms with Gasteiger partial charge in [0, 0.05) is 29.7 Å². The van der Waals surface area contributed by atoms with Gasteiger partial charge in [-0.15, -0.1) is 0 Å². The minimum atomic E-state index is -0.294. The zero-order valence-corrected chi connectivity index (χ0v) is 14.6. The number of ether oxygens (including phenoxy) is 1. The molecule has 1 atom stereocenters. The summed E-state index contributed by atoms with van der Waals surface area (Å²) in [5.41, 5.74) is 3.50. The van der Waals surface area contributed by atoms with E-state index in [-0.39, 0.29) is 12.1 Å². The lowest BCUT2D eigenvalue weighted by atomic mass is 10.1. The van der Waals surface area contributed by atoms with E-state index in [2.05, 4.69) is 20.6 Å². The smallest absolute Gasteiger partial charge is 0.319 e. The zero-order valence-electron chi connectivity index (χ0n) is 14.6. The van der Waals surface area contributed by atoms with Crippen molar-refractivity contribution in [2.45, 2.75) is 13.0 Å². The Kier molecular flexibility index (Phi) is 5.43. The van der Waals surface area contributed by atoms with Gasteiger partial charge in [0.25, 0.3) is 0 Å². The van der Waals surface area contributed by atoms with Gasteiger partial charge in [0.2, 0.25) is 0 Å². The van der Waals surface area contributed by atoms with Crippen molar-refractivity contribution in [2.24, 2.45) is 0 Å². The predicted octanol–water partition coefficient (Wildman–Crippen LogP) is 4.03. The molecule has 26 heavy (non-hydrogen) atoms. The van der Waals surface area contributed by atoms with Gasteiger partial charge in [-0.25, -0.2) is 4.79 Å². The van der Waals surface area contributed by atoms with Crippen LogP contribution in [0.15, 0.2) is 67.3 Å². The molecule has 2 amide bonds. The van der Waals surface area contributed by atoms with Crippen LogP contribution in [0.25, 0.3) is 11.1 Å². The van der Waals surface area contributed by atoms with Crippen LogP contribution in [0.4, 0.5) is 10.5 Å². The van der Waals surface area contributed by atoms with Crippen molar-refractivity contribution in [3.63, 3.8) is 0 Å². The van der Waals surface area contributed by atoms with Crippen molar-refractivity contribution in [1.29, 1.82) is 0 Å². The molecule has 2 aromatic heterocycles. The molecular formula is C20H20N4O2. The first-order valence-electron chi connectivity index (χ1n) is 8.24. The summed E-state index contributed by atoms with van der Waals surface area (Å²) in [7, 11) is 1.58. The van der Waals surface area contributed by atoms with Crippen LogP contribution in [0, 0.1) is 0 Å². The summed E-state index contributed by atoms with van der Waals surface area (Å²) in [6.45, 7) is 1.90. The number of anilines is 1. The Labute approximate surface area is 152 Å². The van der Waals surface area contributed by atoms with Crippen LogP contribution in [-0.4, -0.2) is 23.1 Å². The minimum Gasteiger partial charge on any atom is -0.495 e. The first-order valence-corrected chi connectivity index (χ1v) is 8.24. The summed E-state index contributed by atoms with van der Waals surface area (Å²) in [6, 6.07) is 12.8. The first kappa shape index (κ1) is 17.4. The van der Waals surface area contributed by atoms with E-state index in [0.29, 0.717) is 5.75 Å². The van der Waals surface area contributed by atoms with Crippen LogP contribution in [0.2, 0.25) is 0 Å². The number of hydrogen-bond donors (Lipinski definition) is 2. The van der Waals surface area contributed by atoms with Crippen LogP contribution in [0.5, 0.6) is 5.75 Å². The number of urea groups is 1. The molecule has 1 unspecified atom stereocenters. The maximum Gasteiger partial charge on any atom is 0.319 e. The quantitative estimate of drug-likeness (QED) is 0.730. The topological polar surface area (TPSA) is 76.1 Å². The SMILES string of the molecule is COc1cnccc1C(C)NC(=O)Nc1ccccc1-c1ccncc1. The van der Waals surface area contributed by atoms with Crippen LogP contribution >= 0.6 is 0 Å². The molecule has 0 aliphatic carbocycles. The van der Waals surface area contributed by atoms with Crippen molar-refractivity contribution in [2.75, 3.05) is 12.4 Å². The molecule has 0 fully saturated rings. The minimum absolute atomic E-state index is 0.235. The molecule has 6 heteroatoms. The molecule has 3 rings (SSSR count). The molecule has 0 spiro atoms. The summed E-state index contributed by atoms with van der Waals surface area (Å²) in [4.78, 5) is 20.6. The first-order chi connectivity index (χ1) is 12.7. The highest BCUT2D eigenvalue weighted by molar-refractivity contribution is 5.94. The Hall–Kier alpha value is -3.41. The van der Waals surface area contributed by atoms with Gasteiger partial charge in [-0.3, -0.25) is 9.97 Å². The second-order valence-corrected chi connectivity index (χ2v) is 5.72. The van der Waals surface area contributed by atoms with Gasteiger partial charge in [0.05, 0.1) is 25.0 Å². The second-order valence-electron chi connectivity index (χ2n) is 5.72. The Balaban J connectivity index is 1.75. The number of nitrogens with one attached hydrogen (secondary N) is 2. The number of rotatable bonds is 5. The van der Waals surface area contributed by atoms with Gasteiger partial charge in [-0.05, 0) is 36.8 Å². The Bertz CT molecular complexity index is 884. The summed E-state index contributed by atoms with van der Waals surface area (Å²) in [6.07, 6.45) is 6.75. The molecule has 0 saturated heterocycles. The third-order valence-corrected chi connectivity index (χ3v) is 4.02. The van der Waals surface area contributed by atoms with Crippen molar-refractivity contribution in [3.05, 3.63) is 72.8 Å². The largest absolute Gasteiger partial charge is 0.495 e. The molecule has 2 heterocycles. The number of benzene rings is 1. The van der Waals surface area contributed by atoms with Crippen LogP contribution in [-0.2, 0) is 0 Å². The van der Waals surface area contributed by atoms with Crippen LogP contribution in [0.1, 0.15) is 18.5 Å². The van der Waals surface area contributed by atoms with Gasteiger partial charge in [-0.2, -0.15) is 0 Å². The summed E-state index contributed by atoms with van der Waals surface area (Å²) in [5, 5.41) is 5.85. The lowest BCUT2D eigenvalue weighted by Gasteiger charge is -2.18. The fourth-order valence-corrected chi connectivity index (χ4v) is 2.73. The van der Waals surface area contributed by atoms with Gasteiger partial charge in [0.15, 0.2) is 0 Å². The fourth-order valence-electron chi connectivity index (χ4n) is 2.73. The van der Waals surface area contributed by atoms with Crippen molar-refractivity contribution in [3.8, 4) is 16.9 Å². The number of pyridine rings is 2. The number of carbonyl (C=O) groups is 1. The third kappa shape index (κ3) is 3.97.